The number of fused-ring (bicyclic) bond motifs is 2. The largest absolute Gasteiger partial charge is 0.497 e. The summed E-state index contributed by atoms with van der Waals surface area (Å²) in [4.78, 5) is 30.6. The molecule has 0 saturated carbocycles. The Kier molecular flexibility index (Phi) is 8.45. The van der Waals surface area contributed by atoms with Crippen molar-refractivity contribution >= 4 is 17.0 Å². The van der Waals surface area contributed by atoms with Crippen molar-refractivity contribution in [1.29, 1.82) is 0 Å². The van der Waals surface area contributed by atoms with E-state index in [1.54, 1.807) is 13.2 Å². The average Bonchev–Trinajstić information content (AvgIpc) is 2.95. The highest BCUT2D eigenvalue weighted by atomic mass is 16.6. The highest BCUT2D eigenvalue weighted by Gasteiger charge is 2.36. The van der Waals surface area contributed by atoms with Gasteiger partial charge in [-0.3, -0.25) is 4.79 Å². The number of pyridine rings is 1. The number of nitrogens with zero attached hydrogens (tertiary/aromatic N) is 3. The molecule has 5 rings (SSSR count). The fourth-order valence-corrected chi connectivity index (χ4v) is 5.89. The fraction of sp³-hybridized carbons (Fsp3) is 0.500. The van der Waals surface area contributed by atoms with Gasteiger partial charge in [0.2, 0.25) is 0 Å². The van der Waals surface area contributed by atoms with Gasteiger partial charge in [-0.1, -0.05) is 6.07 Å². The number of piperidine rings is 1. The molecule has 0 atom stereocenters. The number of benzene rings is 2. The number of rotatable bonds is 7. The van der Waals surface area contributed by atoms with Crippen LogP contribution >= 0.6 is 0 Å². The summed E-state index contributed by atoms with van der Waals surface area (Å²) in [6.07, 6.45) is 1.37. The van der Waals surface area contributed by atoms with E-state index in [9.17, 15) is 9.59 Å². The van der Waals surface area contributed by atoms with Crippen molar-refractivity contribution in [2.75, 3.05) is 40.0 Å². The number of likely N-dealkylation sites (tertiary alicyclic amines) is 1. The van der Waals surface area contributed by atoms with Crippen molar-refractivity contribution < 1.29 is 23.7 Å². The molecule has 1 saturated heterocycles. The Labute approximate surface area is 241 Å². The maximum absolute atomic E-state index is 13.4. The normalized spacial score (nSPS) is 16.0. The molecule has 0 radical (unpaired) electrons. The standard InChI is InChI=1S/C32H41N3O6/c1-22-18-30(36)34(27-20-25(38-5)7-8-26(22)27)15-14-33-12-10-24(11-13-33)35(32(2,3)4)31(37)41-21-23-6-9-28-29(19-23)40-17-16-39-28/h6-9,18-20,24H,10-17,21H2,1-5H3. The third-order valence-electron chi connectivity index (χ3n) is 7.98. The summed E-state index contributed by atoms with van der Waals surface area (Å²) in [5, 5.41) is 1.06. The molecular weight excluding hydrogens is 522 g/mol. The third kappa shape index (κ3) is 6.45. The quantitative estimate of drug-likeness (QED) is 0.401. The van der Waals surface area contributed by atoms with E-state index in [1.807, 2.05) is 73.6 Å². The summed E-state index contributed by atoms with van der Waals surface area (Å²) in [7, 11) is 1.64. The summed E-state index contributed by atoms with van der Waals surface area (Å²) in [5.74, 6) is 2.14. The Morgan fingerprint density at radius 2 is 1.73 bits per heavy atom. The maximum atomic E-state index is 13.4. The molecule has 0 N–H and O–H groups in total. The van der Waals surface area contributed by atoms with E-state index >= 15 is 0 Å². The molecule has 3 heterocycles. The van der Waals surface area contributed by atoms with E-state index in [4.69, 9.17) is 18.9 Å². The van der Waals surface area contributed by atoms with Crippen LogP contribution in [0.1, 0.15) is 44.7 Å². The average molecular weight is 564 g/mol. The molecule has 1 amide bonds. The molecule has 2 aromatic carbocycles. The highest BCUT2D eigenvalue weighted by molar-refractivity contribution is 5.83. The first-order valence-electron chi connectivity index (χ1n) is 14.4. The van der Waals surface area contributed by atoms with Gasteiger partial charge in [0.1, 0.15) is 25.6 Å². The molecule has 0 unspecified atom stereocenters. The summed E-state index contributed by atoms with van der Waals surface area (Å²) < 4.78 is 24.3. The third-order valence-corrected chi connectivity index (χ3v) is 7.98. The molecule has 0 bridgehead atoms. The van der Waals surface area contributed by atoms with Crippen LogP contribution in [0.5, 0.6) is 17.2 Å². The number of hydrogen-bond donors (Lipinski definition) is 0. The van der Waals surface area contributed by atoms with Crippen molar-refractivity contribution in [3.8, 4) is 17.2 Å². The first-order valence-corrected chi connectivity index (χ1v) is 14.4. The number of ether oxygens (including phenoxy) is 4. The topological polar surface area (TPSA) is 82.5 Å². The lowest BCUT2D eigenvalue weighted by molar-refractivity contribution is 0.0196. The van der Waals surface area contributed by atoms with Crippen LogP contribution in [0.2, 0.25) is 0 Å². The lowest BCUT2D eigenvalue weighted by Crippen LogP contribution is -2.55. The van der Waals surface area contributed by atoms with E-state index < -0.39 is 0 Å². The Bertz CT molecular complexity index is 1450. The van der Waals surface area contributed by atoms with Gasteiger partial charge >= 0.3 is 6.09 Å². The Morgan fingerprint density at radius 3 is 2.44 bits per heavy atom. The predicted molar refractivity (Wildman–Crippen MR) is 158 cm³/mol. The number of carbonyl (C=O) groups excluding carboxylic acids is 1. The SMILES string of the molecule is COc1ccc2c(C)cc(=O)n(CCN3CCC(N(C(=O)OCc4ccc5c(c4)OCCO5)C(C)(C)C)CC3)c2c1. The fourth-order valence-electron chi connectivity index (χ4n) is 5.89. The van der Waals surface area contributed by atoms with Crippen molar-refractivity contribution in [3.63, 3.8) is 0 Å². The number of aryl methyl sites for hydroxylation is 1. The molecule has 1 fully saturated rings. The molecule has 0 aliphatic carbocycles. The van der Waals surface area contributed by atoms with E-state index in [2.05, 4.69) is 4.90 Å². The van der Waals surface area contributed by atoms with E-state index in [1.165, 1.54) is 0 Å². The van der Waals surface area contributed by atoms with Crippen molar-refractivity contribution in [3.05, 3.63) is 63.9 Å². The zero-order chi connectivity index (χ0) is 29.1. The van der Waals surface area contributed by atoms with Crippen LogP contribution in [0, 0.1) is 6.92 Å². The van der Waals surface area contributed by atoms with E-state index in [-0.39, 0.29) is 29.8 Å². The number of aromatic nitrogens is 1. The van der Waals surface area contributed by atoms with Crippen LogP contribution in [0.15, 0.2) is 47.3 Å². The van der Waals surface area contributed by atoms with Gasteiger partial charge in [0.15, 0.2) is 11.5 Å². The van der Waals surface area contributed by atoms with Gasteiger partial charge in [-0.25, -0.2) is 4.79 Å². The Balaban J connectivity index is 1.20. The van der Waals surface area contributed by atoms with Crippen LogP contribution in [-0.4, -0.2) is 72.0 Å². The van der Waals surface area contributed by atoms with Gasteiger partial charge in [0.25, 0.3) is 5.56 Å². The molecule has 1 aromatic heterocycles. The van der Waals surface area contributed by atoms with Gasteiger partial charge < -0.3 is 33.3 Å². The molecule has 2 aliphatic rings. The van der Waals surface area contributed by atoms with Gasteiger partial charge in [0, 0.05) is 55.3 Å². The lowest BCUT2D eigenvalue weighted by Gasteiger charge is -2.44. The van der Waals surface area contributed by atoms with Crippen molar-refractivity contribution in [2.24, 2.45) is 0 Å². The molecule has 41 heavy (non-hydrogen) atoms. The van der Waals surface area contributed by atoms with Crippen LogP contribution in [0.4, 0.5) is 4.79 Å². The summed E-state index contributed by atoms with van der Waals surface area (Å²) in [6.45, 7) is 12.4. The Hall–Kier alpha value is -3.72. The number of methoxy groups -OCH3 is 1. The first kappa shape index (κ1) is 28.8. The van der Waals surface area contributed by atoms with E-state index in [0.29, 0.717) is 25.5 Å². The second kappa shape index (κ2) is 12.0. The van der Waals surface area contributed by atoms with Gasteiger partial charge in [-0.2, -0.15) is 0 Å². The molecule has 220 valence electrons. The minimum Gasteiger partial charge on any atom is -0.497 e. The van der Waals surface area contributed by atoms with Crippen molar-refractivity contribution in [1.82, 2.24) is 14.4 Å². The van der Waals surface area contributed by atoms with Crippen molar-refractivity contribution in [2.45, 2.75) is 65.3 Å². The summed E-state index contributed by atoms with van der Waals surface area (Å²) >= 11 is 0. The summed E-state index contributed by atoms with van der Waals surface area (Å²) in [5.41, 5.74) is 2.33. The maximum Gasteiger partial charge on any atom is 0.410 e. The van der Waals surface area contributed by atoms with Gasteiger partial charge in [-0.15, -0.1) is 0 Å². The first-order chi connectivity index (χ1) is 19.6. The monoisotopic (exact) mass is 563 g/mol. The summed E-state index contributed by atoms with van der Waals surface area (Å²) in [6, 6.07) is 13.3. The molecule has 9 nitrogen and oxygen atoms in total. The minimum atomic E-state index is -0.385. The molecule has 9 heteroatoms. The zero-order valence-corrected chi connectivity index (χ0v) is 24.8. The lowest BCUT2D eigenvalue weighted by atomic mass is 9.97. The number of hydrogen-bond acceptors (Lipinski definition) is 7. The molecule has 3 aromatic rings. The van der Waals surface area contributed by atoms with Gasteiger partial charge in [-0.05, 0) is 75.9 Å². The van der Waals surface area contributed by atoms with Crippen LogP contribution in [-0.2, 0) is 17.9 Å². The smallest absolute Gasteiger partial charge is 0.410 e. The van der Waals surface area contributed by atoms with Gasteiger partial charge in [0.05, 0.1) is 12.6 Å². The van der Waals surface area contributed by atoms with E-state index in [0.717, 1.165) is 66.0 Å². The van der Waals surface area contributed by atoms with Crippen LogP contribution in [0.3, 0.4) is 0 Å². The second-order valence-electron chi connectivity index (χ2n) is 11.8. The highest BCUT2D eigenvalue weighted by Crippen LogP contribution is 2.32. The molecule has 0 spiro atoms. The second-order valence-corrected chi connectivity index (χ2v) is 11.8. The van der Waals surface area contributed by atoms with Crippen LogP contribution in [0.25, 0.3) is 10.9 Å². The molecule has 2 aliphatic heterocycles. The Morgan fingerprint density at radius 1 is 1.00 bits per heavy atom. The minimum absolute atomic E-state index is 0.00203. The zero-order valence-electron chi connectivity index (χ0n) is 24.8. The molecular formula is C32H41N3O6. The number of amides is 1. The predicted octanol–water partition coefficient (Wildman–Crippen LogP) is 4.99. The number of carbonyl (C=O) groups is 1. The van der Waals surface area contributed by atoms with Crippen LogP contribution < -0.4 is 19.8 Å².